The van der Waals surface area contributed by atoms with Crippen molar-refractivity contribution in [3.05, 3.63) is 66.7 Å². The molecule has 1 aromatic heterocycles. The monoisotopic (exact) mass is 391 g/mol. The van der Waals surface area contributed by atoms with Gasteiger partial charge in [-0.25, -0.2) is 0 Å². The summed E-state index contributed by atoms with van der Waals surface area (Å²) in [6.45, 7) is 0. The fraction of sp³-hybridized carbons (Fsp3) is 0.0952. The van der Waals surface area contributed by atoms with Gasteiger partial charge in [0.25, 0.3) is 11.1 Å². The molecule has 0 saturated carbocycles. The Hall–Kier alpha value is -3.32. The smallest absolute Gasteiger partial charge is 0.277 e. The topological polar surface area (TPSA) is 77.2 Å². The first kappa shape index (κ1) is 18.1. The van der Waals surface area contributed by atoms with Gasteiger partial charge in [-0.1, -0.05) is 54.2 Å². The van der Waals surface area contributed by atoms with Gasteiger partial charge in [-0.05, 0) is 35.0 Å². The minimum Gasteiger partial charge on any atom is -0.496 e. The number of para-hydroxylation sites is 1. The molecule has 1 heterocycles. The van der Waals surface area contributed by atoms with Gasteiger partial charge < -0.3 is 14.5 Å². The molecule has 0 aliphatic carbocycles. The van der Waals surface area contributed by atoms with Crippen molar-refractivity contribution in [2.45, 2.75) is 5.22 Å². The number of aromatic nitrogens is 2. The number of fused-ring (bicyclic) bond motifs is 1. The number of methoxy groups -OCH3 is 1. The first-order chi connectivity index (χ1) is 13.7. The summed E-state index contributed by atoms with van der Waals surface area (Å²) in [6.07, 6.45) is 0. The largest absolute Gasteiger partial charge is 0.496 e. The molecule has 0 aliphatic rings. The van der Waals surface area contributed by atoms with Crippen LogP contribution in [0.4, 0.5) is 5.69 Å². The minimum absolute atomic E-state index is 0.141. The Labute approximate surface area is 165 Å². The normalized spacial score (nSPS) is 10.8. The lowest BCUT2D eigenvalue weighted by Crippen LogP contribution is -2.13. The molecule has 0 bridgehead atoms. The number of rotatable bonds is 6. The molecule has 1 amide bonds. The number of carbonyl (C=O) groups excluding carboxylic acids is 1. The molecule has 0 unspecified atom stereocenters. The van der Waals surface area contributed by atoms with Crippen molar-refractivity contribution in [2.75, 3.05) is 18.2 Å². The third kappa shape index (κ3) is 3.99. The zero-order chi connectivity index (χ0) is 19.3. The fourth-order valence-electron chi connectivity index (χ4n) is 2.79. The number of nitrogens with zero attached hydrogens (tertiary/aromatic N) is 2. The van der Waals surface area contributed by atoms with Gasteiger partial charge in [0, 0.05) is 5.69 Å². The molecular weight excluding hydrogens is 374 g/mol. The van der Waals surface area contributed by atoms with Crippen LogP contribution in [0.25, 0.3) is 22.2 Å². The van der Waals surface area contributed by atoms with Gasteiger partial charge >= 0.3 is 0 Å². The summed E-state index contributed by atoms with van der Waals surface area (Å²) in [5, 5.41) is 13.5. The maximum absolute atomic E-state index is 12.3. The highest BCUT2D eigenvalue weighted by Gasteiger charge is 2.14. The van der Waals surface area contributed by atoms with Crippen molar-refractivity contribution in [1.29, 1.82) is 0 Å². The average molecular weight is 391 g/mol. The quantitative estimate of drug-likeness (QED) is 0.483. The lowest BCUT2D eigenvalue weighted by molar-refractivity contribution is -0.113. The van der Waals surface area contributed by atoms with Crippen LogP contribution in [0.2, 0.25) is 0 Å². The maximum Gasteiger partial charge on any atom is 0.277 e. The Morgan fingerprint density at radius 1 is 1.04 bits per heavy atom. The number of nitrogens with one attached hydrogen (secondary N) is 1. The van der Waals surface area contributed by atoms with Gasteiger partial charge in [-0.15, -0.1) is 10.2 Å². The number of anilines is 1. The third-order valence-corrected chi connectivity index (χ3v) is 4.92. The predicted octanol–water partition coefficient (Wildman–Crippen LogP) is 4.63. The molecule has 1 N–H and O–H groups in total. The van der Waals surface area contributed by atoms with Crippen molar-refractivity contribution < 1.29 is 13.9 Å². The van der Waals surface area contributed by atoms with Crippen LogP contribution >= 0.6 is 11.8 Å². The molecular formula is C21H17N3O3S. The van der Waals surface area contributed by atoms with E-state index in [0.29, 0.717) is 22.4 Å². The van der Waals surface area contributed by atoms with E-state index in [-0.39, 0.29) is 11.7 Å². The standard InChI is InChI=1S/C21H17N3O3S/c1-26-18-9-5-4-8-17(18)20-23-24-21(27-20)28-13-19(25)22-16-11-10-14-6-2-3-7-15(14)12-16/h2-12H,13H2,1H3,(H,22,25). The van der Waals surface area contributed by atoms with Crippen LogP contribution < -0.4 is 10.1 Å². The van der Waals surface area contributed by atoms with E-state index in [4.69, 9.17) is 9.15 Å². The van der Waals surface area contributed by atoms with E-state index in [0.717, 1.165) is 16.5 Å². The van der Waals surface area contributed by atoms with Crippen LogP contribution in [-0.2, 0) is 4.79 Å². The molecule has 7 heteroatoms. The van der Waals surface area contributed by atoms with Crippen LogP contribution in [-0.4, -0.2) is 29.0 Å². The molecule has 0 saturated heterocycles. The van der Waals surface area contributed by atoms with Crippen LogP contribution in [0.15, 0.2) is 76.4 Å². The van der Waals surface area contributed by atoms with E-state index in [1.807, 2.05) is 66.7 Å². The molecule has 0 aliphatic heterocycles. The number of carbonyl (C=O) groups is 1. The van der Waals surface area contributed by atoms with Gasteiger partial charge in [0.2, 0.25) is 5.91 Å². The number of amides is 1. The molecule has 0 spiro atoms. The van der Waals surface area contributed by atoms with Gasteiger partial charge in [-0.3, -0.25) is 4.79 Å². The predicted molar refractivity (Wildman–Crippen MR) is 110 cm³/mol. The summed E-state index contributed by atoms with van der Waals surface area (Å²) in [5.41, 5.74) is 1.47. The summed E-state index contributed by atoms with van der Waals surface area (Å²) >= 11 is 1.19. The van der Waals surface area contributed by atoms with Crippen molar-refractivity contribution >= 4 is 34.1 Å². The maximum atomic E-state index is 12.3. The number of thioether (sulfide) groups is 1. The fourth-order valence-corrected chi connectivity index (χ4v) is 3.35. The third-order valence-electron chi connectivity index (χ3n) is 4.10. The molecule has 140 valence electrons. The van der Waals surface area contributed by atoms with Gasteiger partial charge in [0.15, 0.2) is 0 Å². The molecule has 3 aromatic carbocycles. The average Bonchev–Trinajstić information content (AvgIpc) is 3.21. The summed E-state index contributed by atoms with van der Waals surface area (Å²) in [4.78, 5) is 12.3. The molecule has 0 fully saturated rings. The first-order valence-corrected chi connectivity index (χ1v) is 9.60. The van der Waals surface area contributed by atoms with Crippen LogP contribution in [0.5, 0.6) is 5.75 Å². The second kappa shape index (κ2) is 8.14. The number of ether oxygens (including phenoxy) is 1. The summed E-state index contributed by atoms with van der Waals surface area (Å²) in [5.74, 6) is 1.03. The van der Waals surface area contributed by atoms with Gasteiger partial charge in [-0.2, -0.15) is 0 Å². The highest BCUT2D eigenvalue weighted by Crippen LogP contribution is 2.30. The van der Waals surface area contributed by atoms with E-state index in [2.05, 4.69) is 15.5 Å². The Kier molecular flexibility index (Phi) is 5.25. The van der Waals surface area contributed by atoms with E-state index >= 15 is 0 Å². The molecule has 4 rings (SSSR count). The van der Waals surface area contributed by atoms with Crippen LogP contribution in [0.1, 0.15) is 0 Å². The molecule has 6 nitrogen and oxygen atoms in total. The first-order valence-electron chi connectivity index (χ1n) is 8.61. The molecule has 0 atom stereocenters. The highest BCUT2D eigenvalue weighted by atomic mass is 32.2. The molecule has 4 aromatic rings. The van der Waals surface area contributed by atoms with Crippen molar-refractivity contribution in [1.82, 2.24) is 10.2 Å². The van der Waals surface area contributed by atoms with E-state index in [1.165, 1.54) is 11.8 Å². The van der Waals surface area contributed by atoms with E-state index in [9.17, 15) is 4.79 Å². The number of benzene rings is 3. The number of hydrogen-bond donors (Lipinski definition) is 1. The Balaban J connectivity index is 1.39. The summed E-state index contributed by atoms with van der Waals surface area (Å²) in [7, 11) is 1.59. The number of hydrogen-bond acceptors (Lipinski definition) is 6. The highest BCUT2D eigenvalue weighted by molar-refractivity contribution is 7.99. The van der Waals surface area contributed by atoms with Crippen molar-refractivity contribution in [3.8, 4) is 17.2 Å². The van der Waals surface area contributed by atoms with Crippen LogP contribution in [0, 0.1) is 0 Å². The Bertz CT molecular complexity index is 1130. The van der Waals surface area contributed by atoms with E-state index < -0.39 is 0 Å². The zero-order valence-corrected chi connectivity index (χ0v) is 15.9. The second-order valence-electron chi connectivity index (χ2n) is 5.97. The second-order valence-corrected chi connectivity index (χ2v) is 6.90. The molecule has 0 radical (unpaired) electrons. The molecule has 28 heavy (non-hydrogen) atoms. The van der Waals surface area contributed by atoms with Gasteiger partial charge in [0.1, 0.15) is 5.75 Å². The lowest BCUT2D eigenvalue weighted by atomic mass is 10.1. The summed E-state index contributed by atoms with van der Waals surface area (Å²) in [6, 6.07) is 21.2. The minimum atomic E-state index is -0.141. The lowest BCUT2D eigenvalue weighted by Gasteiger charge is -2.05. The SMILES string of the molecule is COc1ccccc1-c1nnc(SCC(=O)Nc2ccc3ccccc3c2)o1. The van der Waals surface area contributed by atoms with Gasteiger partial charge in [0.05, 0.1) is 18.4 Å². The van der Waals surface area contributed by atoms with Crippen LogP contribution in [0.3, 0.4) is 0 Å². The Morgan fingerprint density at radius 3 is 2.68 bits per heavy atom. The van der Waals surface area contributed by atoms with Crippen molar-refractivity contribution in [3.63, 3.8) is 0 Å². The van der Waals surface area contributed by atoms with Crippen molar-refractivity contribution in [2.24, 2.45) is 0 Å². The van der Waals surface area contributed by atoms with E-state index in [1.54, 1.807) is 7.11 Å². The summed E-state index contributed by atoms with van der Waals surface area (Å²) < 4.78 is 11.0. The Morgan fingerprint density at radius 2 is 1.82 bits per heavy atom. The zero-order valence-electron chi connectivity index (χ0n) is 15.1.